The fourth-order valence-corrected chi connectivity index (χ4v) is 5.63. The quantitative estimate of drug-likeness (QED) is 0.0262. The highest BCUT2D eigenvalue weighted by atomic mass is 31.2. The molecule has 0 saturated heterocycles. The SMILES string of the molecule is CC/C=C\C/C=C\C/C=C\C/C=C\CCCCCCCCC(=O)NC(COP(=O)(O)OCC[N+](C)(C)C)C(O)/C=C/CC/C=C/CC/C=C/CCC. The minimum Gasteiger partial charge on any atom is -0.387 e. The molecule has 3 unspecified atom stereocenters. The van der Waals surface area contributed by atoms with Gasteiger partial charge in [-0.25, -0.2) is 4.57 Å². The van der Waals surface area contributed by atoms with Gasteiger partial charge in [0.2, 0.25) is 5.91 Å². The topological polar surface area (TPSA) is 105 Å². The van der Waals surface area contributed by atoms with Crippen LogP contribution in [-0.4, -0.2) is 73.4 Å². The number of nitrogens with one attached hydrogen (secondary N) is 1. The molecule has 9 heteroatoms. The molecule has 0 aliphatic heterocycles. The number of unbranched alkanes of at least 4 members (excludes halogenated alkanes) is 9. The summed E-state index contributed by atoms with van der Waals surface area (Å²) in [5.74, 6) is -0.213. The summed E-state index contributed by atoms with van der Waals surface area (Å²) in [7, 11) is 1.51. The fourth-order valence-electron chi connectivity index (χ4n) is 4.89. The highest BCUT2D eigenvalue weighted by Gasteiger charge is 2.27. The lowest BCUT2D eigenvalue weighted by molar-refractivity contribution is -0.870. The van der Waals surface area contributed by atoms with Gasteiger partial charge in [0.15, 0.2) is 0 Å². The Morgan fingerprint density at radius 2 is 1.17 bits per heavy atom. The number of aliphatic hydroxyl groups excluding tert-OH is 1. The zero-order chi connectivity index (χ0) is 38.6. The van der Waals surface area contributed by atoms with Gasteiger partial charge < -0.3 is 19.8 Å². The smallest absolute Gasteiger partial charge is 0.387 e. The van der Waals surface area contributed by atoms with E-state index in [1.54, 1.807) is 6.08 Å². The lowest BCUT2D eigenvalue weighted by Gasteiger charge is -2.25. The molecule has 0 rings (SSSR count). The van der Waals surface area contributed by atoms with Gasteiger partial charge in [-0.3, -0.25) is 13.8 Å². The molecule has 1 amide bonds. The molecule has 0 heterocycles. The van der Waals surface area contributed by atoms with Crippen molar-refractivity contribution in [2.75, 3.05) is 40.9 Å². The van der Waals surface area contributed by atoms with Crippen LogP contribution >= 0.6 is 7.82 Å². The number of likely N-dealkylation sites (N-methyl/N-ethyl adjacent to an activating group) is 1. The van der Waals surface area contributed by atoms with Crippen LogP contribution in [0.15, 0.2) is 85.1 Å². The molecular formula is C43H76N2O6P+. The molecule has 0 spiro atoms. The fraction of sp³-hybridized carbons (Fsp3) is 0.651. The van der Waals surface area contributed by atoms with Crippen LogP contribution in [0.4, 0.5) is 0 Å². The van der Waals surface area contributed by atoms with Gasteiger partial charge >= 0.3 is 7.82 Å². The van der Waals surface area contributed by atoms with Crippen LogP contribution in [0.2, 0.25) is 0 Å². The molecule has 0 bridgehead atoms. The molecule has 3 N–H and O–H groups in total. The average molecular weight is 748 g/mol. The van der Waals surface area contributed by atoms with Crippen LogP contribution in [0, 0.1) is 0 Å². The average Bonchev–Trinajstić information content (AvgIpc) is 3.09. The molecule has 0 aromatic rings. The number of allylic oxidation sites excluding steroid dienone is 13. The van der Waals surface area contributed by atoms with Crippen molar-refractivity contribution in [2.45, 2.75) is 142 Å². The molecule has 0 aromatic carbocycles. The maximum Gasteiger partial charge on any atom is 0.472 e. The van der Waals surface area contributed by atoms with E-state index in [4.69, 9.17) is 9.05 Å². The Kier molecular flexibility index (Phi) is 32.9. The zero-order valence-corrected chi connectivity index (χ0v) is 34.4. The van der Waals surface area contributed by atoms with E-state index in [-0.39, 0.29) is 19.1 Å². The number of hydrogen-bond donors (Lipinski definition) is 3. The van der Waals surface area contributed by atoms with Gasteiger partial charge in [-0.1, -0.05) is 131 Å². The molecule has 8 nitrogen and oxygen atoms in total. The standard InChI is InChI=1S/C43H75N2O6P/c1-6-8-10-12-14-16-18-19-20-21-22-23-24-25-27-29-31-33-35-37-43(47)44-41(40-51-52(48,49)50-39-38-45(3,4)5)42(46)36-34-32-30-28-26-17-15-13-11-9-7-2/h8,10-11,13-14,16,19-20,22-23,26,28,34,36,41-42,46H,6-7,9,12,15,17-18,21,24-25,27,29-33,35,37-40H2,1-5H3,(H-,44,47,48,49)/p+1/b10-8-,13-11+,16-14-,20-19-,23-22-,28-26+,36-34+. The number of hydrogen-bond acceptors (Lipinski definition) is 5. The highest BCUT2D eigenvalue weighted by Crippen LogP contribution is 2.43. The number of carbonyl (C=O) groups excluding carboxylic acids is 1. The van der Waals surface area contributed by atoms with Crippen molar-refractivity contribution in [3.63, 3.8) is 0 Å². The summed E-state index contributed by atoms with van der Waals surface area (Å²) in [6.45, 7) is 4.54. The second-order valence-electron chi connectivity index (χ2n) is 14.3. The highest BCUT2D eigenvalue weighted by molar-refractivity contribution is 7.47. The molecule has 0 fully saturated rings. The van der Waals surface area contributed by atoms with E-state index >= 15 is 0 Å². The van der Waals surface area contributed by atoms with Gasteiger partial charge in [-0.15, -0.1) is 0 Å². The monoisotopic (exact) mass is 748 g/mol. The molecule has 0 saturated carbocycles. The van der Waals surface area contributed by atoms with Gasteiger partial charge in [-0.2, -0.15) is 0 Å². The number of nitrogens with zero attached hydrogens (tertiary/aromatic N) is 1. The Morgan fingerprint density at radius 3 is 1.75 bits per heavy atom. The van der Waals surface area contributed by atoms with Gasteiger partial charge in [-0.05, 0) is 77.0 Å². The number of phosphoric ester groups is 1. The third-order valence-corrected chi connectivity index (χ3v) is 9.04. The van der Waals surface area contributed by atoms with Crippen molar-refractivity contribution >= 4 is 13.7 Å². The van der Waals surface area contributed by atoms with Crippen LogP contribution in [0.5, 0.6) is 0 Å². The third-order valence-electron chi connectivity index (χ3n) is 8.06. The van der Waals surface area contributed by atoms with Crippen LogP contribution in [0.25, 0.3) is 0 Å². The zero-order valence-electron chi connectivity index (χ0n) is 33.5. The number of aliphatic hydroxyl groups is 1. The normalized spacial score (nSPS) is 15.4. The van der Waals surface area contributed by atoms with E-state index in [9.17, 15) is 19.4 Å². The van der Waals surface area contributed by atoms with Crippen LogP contribution in [-0.2, 0) is 18.4 Å². The molecule has 0 radical (unpaired) electrons. The first-order chi connectivity index (χ1) is 25.0. The number of quaternary nitrogens is 1. The Morgan fingerprint density at radius 1 is 0.673 bits per heavy atom. The summed E-state index contributed by atoms with van der Waals surface area (Å²) in [6, 6.07) is -0.880. The molecular weight excluding hydrogens is 671 g/mol. The lowest BCUT2D eigenvalue weighted by Crippen LogP contribution is -2.45. The summed E-state index contributed by atoms with van der Waals surface area (Å²) >= 11 is 0. The third kappa shape index (κ3) is 36.1. The van der Waals surface area contributed by atoms with Gasteiger partial charge in [0.25, 0.3) is 0 Å². The van der Waals surface area contributed by atoms with E-state index in [0.29, 0.717) is 17.4 Å². The van der Waals surface area contributed by atoms with Gasteiger partial charge in [0, 0.05) is 6.42 Å². The van der Waals surface area contributed by atoms with Gasteiger partial charge in [0.05, 0.1) is 39.9 Å². The van der Waals surface area contributed by atoms with Crippen LogP contribution in [0.1, 0.15) is 129 Å². The molecule has 0 aliphatic rings. The first-order valence-electron chi connectivity index (χ1n) is 20.0. The number of carbonyl (C=O) groups is 1. The van der Waals surface area contributed by atoms with E-state index in [1.807, 2.05) is 27.2 Å². The van der Waals surface area contributed by atoms with Crippen molar-refractivity contribution in [3.8, 4) is 0 Å². The molecule has 52 heavy (non-hydrogen) atoms. The maximum absolute atomic E-state index is 12.8. The predicted molar refractivity (Wildman–Crippen MR) is 221 cm³/mol. The minimum atomic E-state index is -4.35. The lowest BCUT2D eigenvalue weighted by atomic mass is 10.1. The summed E-state index contributed by atoms with van der Waals surface area (Å²) in [6.07, 6.45) is 46.5. The van der Waals surface area contributed by atoms with E-state index in [0.717, 1.165) is 89.9 Å². The van der Waals surface area contributed by atoms with Crippen molar-refractivity contribution < 1.29 is 32.9 Å². The first kappa shape index (κ1) is 49.7. The van der Waals surface area contributed by atoms with Gasteiger partial charge in [0.1, 0.15) is 13.2 Å². The summed E-state index contributed by atoms with van der Waals surface area (Å²) < 4.78 is 23.4. The van der Waals surface area contributed by atoms with Crippen molar-refractivity contribution in [1.82, 2.24) is 5.32 Å². The largest absolute Gasteiger partial charge is 0.472 e. The van der Waals surface area contributed by atoms with Crippen LogP contribution < -0.4 is 5.32 Å². The van der Waals surface area contributed by atoms with E-state index in [2.05, 4.69) is 92.1 Å². The predicted octanol–water partition coefficient (Wildman–Crippen LogP) is 10.6. The van der Waals surface area contributed by atoms with Crippen molar-refractivity contribution in [2.24, 2.45) is 0 Å². The second kappa shape index (κ2) is 34.4. The Balaban J connectivity index is 4.53. The maximum atomic E-state index is 12.8. The number of amides is 1. The number of phosphoric acid groups is 1. The summed E-state index contributed by atoms with van der Waals surface area (Å²) in [4.78, 5) is 23.0. The molecule has 298 valence electrons. The minimum absolute atomic E-state index is 0.0454. The molecule has 0 aliphatic carbocycles. The first-order valence-corrected chi connectivity index (χ1v) is 21.5. The Bertz CT molecular complexity index is 1120. The molecule has 0 aromatic heterocycles. The summed E-state index contributed by atoms with van der Waals surface area (Å²) in [5, 5.41) is 13.7. The van der Waals surface area contributed by atoms with Crippen LogP contribution in [0.3, 0.4) is 0 Å². The van der Waals surface area contributed by atoms with Crippen molar-refractivity contribution in [1.29, 1.82) is 0 Å². The summed E-state index contributed by atoms with van der Waals surface area (Å²) in [5.41, 5.74) is 0. The van der Waals surface area contributed by atoms with E-state index < -0.39 is 20.0 Å². The number of rotatable bonds is 34. The second-order valence-corrected chi connectivity index (χ2v) is 15.7. The van der Waals surface area contributed by atoms with E-state index in [1.165, 1.54) is 19.3 Å². The Hall–Kier alpha value is -2.32. The molecule has 3 atom stereocenters. The van der Waals surface area contributed by atoms with Crippen molar-refractivity contribution in [3.05, 3.63) is 85.1 Å². The Labute approximate surface area is 318 Å².